The monoisotopic (exact) mass is 204 g/mol. The average molecular weight is 204 g/mol. The third-order valence-electron chi connectivity index (χ3n) is 2.65. The van der Waals surface area contributed by atoms with Gasteiger partial charge in [-0.2, -0.15) is 0 Å². The fourth-order valence-electron chi connectivity index (χ4n) is 1.80. The molecule has 4 heteroatoms. The van der Waals surface area contributed by atoms with Gasteiger partial charge in [0, 0.05) is 0 Å². The Labute approximate surface area is 81.6 Å². The van der Waals surface area contributed by atoms with Crippen LogP contribution in [0.2, 0.25) is 0 Å². The first-order chi connectivity index (χ1) is 6.59. The molecule has 0 heterocycles. The minimum absolute atomic E-state index is 0.139. The summed E-state index contributed by atoms with van der Waals surface area (Å²) in [7, 11) is 0. The molecule has 0 radical (unpaired) electrons. The lowest BCUT2D eigenvalue weighted by atomic mass is 9.82. The van der Waals surface area contributed by atoms with E-state index in [1.807, 2.05) is 0 Å². The molecule has 1 aliphatic carbocycles. The van der Waals surface area contributed by atoms with Gasteiger partial charge in [0.15, 0.2) is 0 Å². The molecule has 0 aliphatic heterocycles. The maximum Gasteiger partial charge on any atom is 0.306 e. The molecule has 0 aromatic heterocycles. The summed E-state index contributed by atoms with van der Waals surface area (Å²) < 4.78 is 23.6. The van der Waals surface area contributed by atoms with Crippen molar-refractivity contribution in [3.63, 3.8) is 0 Å². The Bertz CT molecular complexity index is 218. The third-order valence-corrected chi connectivity index (χ3v) is 2.65. The van der Waals surface area contributed by atoms with E-state index in [0.717, 1.165) is 6.08 Å². The summed E-state index contributed by atoms with van der Waals surface area (Å²) in [5, 5.41) is 8.70. The Balaban J connectivity index is 2.32. The quantitative estimate of drug-likeness (QED) is 0.717. The Morgan fingerprint density at radius 3 is 2.29 bits per heavy atom. The molecule has 0 aromatic rings. The second-order valence-electron chi connectivity index (χ2n) is 3.67. The van der Waals surface area contributed by atoms with Gasteiger partial charge < -0.3 is 5.11 Å². The fourth-order valence-corrected chi connectivity index (χ4v) is 1.80. The van der Waals surface area contributed by atoms with Crippen molar-refractivity contribution in [2.45, 2.75) is 32.1 Å². The van der Waals surface area contributed by atoms with Crippen LogP contribution in [0.3, 0.4) is 0 Å². The molecular weight excluding hydrogens is 190 g/mol. The molecule has 1 saturated carbocycles. The van der Waals surface area contributed by atoms with E-state index in [-0.39, 0.29) is 11.8 Å². The smallest absolute Gasteiger partial charge is 0.306 e. The highest BCUT2D eigenvalue weighted by Gasteiger charge is 2.24. The standard InChI is InChI=1S/C10H14F2O2/c11-9(12)6-3-7-1-4-8(5-2-7)10(13)14/h3,6-9H,1-2,4-5H2,(H,13,14). The van der Waals surface area contributed by atoms with Gasteiger partial charge in [-0.15, -0.1) is 0 Å². The second-order valence-corrected chi connectivity index (χ2v) is 3.67. The average Bonchev–Trinajstić information content (AvgIpc) is 2.15. The van der Waals surface area contributed by atoms with Crippen LogP contribution in [0.5, 0.6) is 0 Å². The van der Waals surface area contributed by atoms with E-state index in [1.165, 1.54) is 6.08 Å². The van der Waals surface area contributed by atoms with Crippen molar-refractivity contribution in [3.05, 3.63) is 12.2 Å². The number of carbonyl (C=O) groups is 1. The molecule has 1 N–H and O–H groups in total. The zero-order valence-electron chi connectivity index (χ0n) is 7.83. The molecular formula is C10H14F2O2. The SMILES string of the molecule is O=C(O)C1CCC(C=CC(F)F)CC1. The zero-order chi connectivity index (χ0) is 10.6. The number of alkyl halides is 2. The molecule has 1 rings (SSSR count). The molecule has 0 atom stereocenters. The van der Waals surface area contributed by atoms with E-state index >= 15 is 0 Å². The number of hydrogen-bond donors (Lipinski definition) is 1. The number of rotatable bonds is 3. The summed E-state index contributed by atoms with van der Waals surface area (Å²) >= 11 is 0. The molecule has 0 amide bonds. The van der Waals surface area contributed by atoms with E-state index in [2.05, 4.69) is 0 Å². The van der Waals surface area contributed by atoms with Crippen LogP contribution in [0.1, 0.15) is 25.7 Å². The van der Waals surface area contributed by atoms with E-state index in [1.54, 1.807) is 0 Å². The zero-order valence-corrected chi connectivity index (χ0v) is 7.83. The van der Waals surface area contributed by atoms with Crippen LogP contribution in [0.15, 0.2) is 12.2 Å². The van der Waals surface area contributed by atoms with E-state index < -0.39 is 12.4 Å². The number of halogens is 2. The van der Waals surface area contributed by atoms with Crippen molar-refractivity contribution >= 4 is 5.97 Å². The van der Waals surface area contributed by atoms with Gasteiger partial charge in [-0.25, -0.2) is 8.78 Å². The highest BCUT2D eigenvalue weighted by molar-refractivity contribution is 5.70. The van der Waals surface area contributed by atoms with Gasteiger partial charge in [-0.05, 0) is 37.7 Å². The van der Waals surface area contributed by atoms with Crippen molar-refractivity contribution in [1.29, 1.82) is 0 Å². The van der Waals surface area contributed by atoms with Gasteiger partial charge >= 0.3 is 5.97 Å². The lowest BCUT2D eigenvalue weighted by molar-refractivity contribution is -0.142. The van der Waals surface area contributed by atoms with Gasteiger partial charge in [0.1, 0.15) is 0 Å². The molecule has 1 fully saturated rings. The number of aliphatic carboxylic acids is 1. The first-order valence-electron chi connectivity index (χ1n) is 4.79. The summed E-state index contributed by atoms with van der Waals surface area (Å²) in [6, 6.07) is 0. The molecule has 0 saturated heterocycles. The molecule has 0 aromatic carbocycles. The Morgan fingerprint density at radius 1 is 1.29 bits per heavy atom. The lowest BCUT2D eigenvalue weighted by Crippen LogP contribution is -2.20. The number of hydrogen-bond acceptors (Lipinski definition) is 1. The van der Waals surface area contributed by atoms with Crippen molar-refractivity contribution in [2.24, 2.45) is 11.8 Å². The first-order valence-corrected chi connectivity index (χ1v) is 4.79. The van der Waals surface area contributed by atoms with Crippen LogP contribution in [0.25, 0.3) is 0 Å². The lowest BCUT2D eigenvalue weighted by Gasteiger charge is -2.23. The molecule has 0 bridgehead atoms. The summed E-state index contributed by atoms with van der Waals surface area (Å²) in [6.45, 7) is 0. The molecule has 0 spiro atoms. The van der Waals surface area contributed by atoms with Crippen LogP contribution in [0, 0.1) is 11.8 Å². The Morgan fingerprint density at radius 2 is 1.86 bits per heavy atom. The fraction of sp³-hybridized carbons (Fsp3) is 0.700. The second kappa shape index (κ2) is 5.08. The maximum absolute atomic E-state index is 11.8. The predicted molar refractivity (Wildman–Crippen MR) is 48.2 cm³/mol. The summed E-state index contributed by atoms with van der Waals surface area (Å²) in [5.74, 6) is -0.896. The number of carboxylic acids is 1. The van der Waals surface area contributed by atoms with Gasteiger partial charge in [-0.3, -0.25) is 4.79 Å². The predicted octanol–water partition coefficient (Wildman–Crippen LogP) is 2.70. The normalized spacial score (nSPS) is 28.5. The third kappa shape index (κ3) is 3.44. The summed E-state index contributed by atoms with van der Waals surface area (Å²) in [5.41, 5.74) is 0. The maximum atomic E-state index is 11.8. The van der Waals surface area contributed by atoms with Crippen molar-refractivity contribution < 1.29 is 18.7 Å². The summed E-state index contributed by atoms with van der Waals surface area (Å²) in [4.78, 5) is 10.6. The van der Waals surface area contributed by atoms with E-state index in [0.29, 0.717) is 25.7 Å². The van der Waals surface area contributed by atoms with E-state index in [4.69, 9.17) is 5.11 Å². The minimum Gasteiger partial charge on any atom is -0.481 e. The van der Waals surface area contributed by atoms with Crippen LogP contribution in [-0.2, 0) is 4.79 Å². The highest BCUT2D eigenvalue weighted by atomic mass is 19.3. The minimum atomic E-state index is -2.40. The van der Waals surface area contributed by atoms with Crippen LogP contribution in [-0.4, -0.2) is 17.5 Å². The molecule has 1 aliphatic rings. The highest BCUT2D eigenvalue weighted by Crippen LogP contribution is 2.29. The number of carboxylic acid groups (broad SMARTS) is 1. The molecule has 2 nitrogen and oxygen atoms in total. The van der Waals surface area contributed by atoms with Gasteiger partial charge in [0.05, 0.1) is 5.92 Å². The van der Waals surface area contributed by atoms with Gasteiger partial charge in [-0.1, -0.05) is 6.08 Å². The topological polar surface area (TPSA) is 37.3 Å². The van der Waals surface area contributed by atoms with Gasteiger partial charge in [0.25, 0.3) is 6.43 Å². The van der Waals surface area contributed by atoms with Crippen LogP contribution in [0.4, 0.5) is 8.78 Å². The molecule has 14 heavy (non-hydrogen) atoms. The van der Waals surface area contributed by atoms with Crippen molar-refractivity contribution in [2.75, 3.05) is 0 Å². The largest absolute Gasteiger partial charge is 0.481 e. The van der Waals surface area contributed by atoms with Crippen molar-refractivity contribution in [1.82, 2.24) is 0 Å². The number of allylic oxidation sites excluding steroid dienone is 2. The van der Waals surface area contributed by atoms with Crippen molar-refractivity contribution in [3.8, 4) is 0 Å². The Hall–Kier alpha value is -0.930. The van der Waals surface area contributed by atoms with Crippen LogP contribution < -0.4 is 0 Å². The van der Waals surface area contributed by atoms with Gasteiger partial charge in [0.2, 0.25) is 0 Å². The summed E-state index contributed by atoms with van der Waals surface area (Å²) in [6.07, 6.45) is 2.64. The molecule has 80 valence electrons. The first kappa shape index (κ1) is 11.1. The van der Waals surface area contributed by atoms with Crippen LogP contribution >= 0.6 is 0 Å². The molecule has 0 unspecified atom stereocenters. The van der Waals surface area contributed by atoms with E-state index in [9.17, 15) is 13.6 Å². The Kier molecular flexibility index (Phi) is 4.04.